The molecule has 1 aromatic carbocycles. The number of nitrogen functional groups attached to an aromatic ring is 1. The van der Waals surface area contributed by atoms with Crippen molar-refractivity contribution >= 4 is 58.9 Å². The van der Waals surface area contributed by atoms with E-state index in [2.05, 4.69) is 25.4 Å². The molecule has 39 heavy (non-hydrogen) atoms. The Labute approximate surface area is 233 Å². The molecule has 1 aliphatic rings. The number of ether oxygens (including phenoxy) is 2. The van der Waals surface area contributed by atoms with Gasteiger partial charge in [-0.25, -0.2) is 14.5 Å². The molecule has 212 valence electrons. The number of halogens is 2. The van der Waals surface area contributed by atoms with Crippen LogP contribution < -0.4 is 20.7 Å². The van der Waals surface area contributed by atoms with Gasteiger partial charge < -0.3 is 34.7 Å². The molecule has 0 saturated carbocycles. The topological polar surface area (TPSA) is 168 Å². The zero-order valence-corrected chi connectivity index (χ0v) is 23.6. The van der Waals surface area contributed by atoms with Gasteiger partial charge >= 0.3 is 12.6 Å². The largest absolute Gasteiger partial charge is 0.468 e. The van der Waals surface area contributed by atoms with Crippen molar-refractivity contribution in [3.05, 3.63) is 36.7 Å². The number of nitrogens with one attached hydrogen (secondary N) is 2. The first-order chi connectivity index (χ1) is 18.6. The number of benzene rings is 1. The van der Waals surface area contributed by atoms with Gasteiger partial charge in [-0.15, -0.1) is 11.6 Å². The summed E-state index contributed by atoms with van der Waals surface area (Å²) < 4.78 is 39.6. The third kappa shape index (κ3) is 5.94. The highest BCUT2D eigenvalue weighted by molar-refractivity contribution is 8.09. The quantitative estimate of drug-likeness (QED) is 0.143. The van der Waals surface area contributed by atoms with Gasteiger partial charge in [0.2, 0.25) is 5.95 Å². The second kappa shape index (κ2) is 11.8. The lowest BCUT2D eigenvalue weighted by Gasteiger charge is -2.33. The highest BCUT2D eigenvalue weighted by Gasteiger charge is 2.57. The first-order valence-corrected chi connectivity index (χ1v) is 14.8. The molecule has 1 unspecified atom stereocenters. The minimum atomic E-state index is -3.51. The summed E-state index contributed by atoms with van der Waals surface area (Å²) in [5, 5.41) is 16.7. The van der Waals surface area contributed by atoms with Crippen LogP contribution in [0.2, 0.25) is 0 Å². The molecule has 0 aliphatic carbocycles. The van der Waals surface area contributed by atoms with Crippen molar-refractivity contribution < 1.29 is 32.8 Å². The summed E-state index contributed by atoms with van der Waals surface area (Å²) in [6.45, 7) is -2.47. The highest BCUT2D eigenvalue weighted by atomic mass is 35.5. The van der Waals surface area contributed by atoms with Gasteiger partial charge in [0.1, 0.15) is 23.5 Å². The lowest BCUT2D eigenvalue weighted by Crippen LogP contribution is -2.48. The summed E-state index contributed by atoms with van der Waals surface area (Å²) in [5.41, 5.74) is 4.56. The molecule has 0 spiro atoms. The Hall–Kier alpha value is -2.65. The van der Waals surface area contributed by atoms with Crippen LogP contribution >= 0.6 is 18.2 Å². The van der Waals surface area contributed by atoms with Crippen LogP contribution in [0.25, 0.3) is 11.2 Å². The van der Waals surface area contributed by atoms with E-state index in [1.165, 1.54) is 24.9 Å². The normalized spacial score (nSPS) is 25.2. The lowest BCUT2D eigenvalue weighted by molar-refractivity contribution is -0.142. The second-order valence-corrected chi connectivity index (χ2v) is 12.1. The number of alkyl halides is 2. The van der Waals surface area contributed by atoms with Crippen LogP contribution in [-0.4, -0.2) is 81.2 Å². The predicted molar refractivity (Wildman–Crippen MR) is 146 cm³/mol. The van der Waals surface area contributed by atoms with Crippen LogP contribution in [0.1, 0.15) is 13.2 Å². The van der Waals surface area contributed by atoms with E-state index in [4.69, 9.17) is 47.7 Å². The van der Waals surface area contributed by atoms with Crippen LogP contribution in [0.5, 0.6) is 5.75 Å². The summed E-state index contributed by atoms with van der Waals surface area (Å²) >= 11 is 11.9. The number of carbonyl (C=O) groups is 1. The fourth-order valence-electron chi connectivity index (χ4n) is 3.96. The van der Waals surface area contributed by atoms with Gasteiger partial charge in [-0.05, 0) is 30.9 Å². The van der Waals surface area contributed by atoms with Crippen molar-refractivity contribution in [2.24, 2.45) is 0 Å². The minimum Gasteiger partial charge on any atom is -0.468 e. The minimum absolute atomic E-state index is 0.0703. The van der Waals surface area contributed by atoms with Gasteiger partial charge in [0.25, 0.3) is 0 Å². The van der Waals surface area contributed by atoms with Crippen LogP contribution in [0, 0.1) is 0 Å². The summed E-state index contributed by atoms with van der Waals surface area (Å²) in [4.78, 5) is 24.5. The van der Waals surface area contributed by atoms with Gasteiger partial charge in [0, 0.05) is 7.05 Å². The fourth-order valence-corrected chi connectivity index (χ4v) is 6.70. The molecule has 1 saturated heterocycles. The number of hydrogen-bond donors (Lipinski definition) is 4. The van der Waals surface area contributed by atoms with Crippen molar-refractivity contribution in [3.63, 3.8) is 0 Å². The predicted octanol–water partition coefficient (Wildman–Crippen LogP) is 2.13. The molecule has 13 nitrogen and oxygen atoms in total. The SMILES string of the molecule is CNc1nc(N)nc2c1ncn2[C@@H]1O[C@](CCl)(COP(=S)(N[C@H](C)C(=O)OC)Oc2ccccc2)[C@@H](O)[C@@H]1F. The van der Waals surface area contributed by atoms with E-state index >= 15 is 4.39 Å². The van der Waals surface area contributed by atoms with Crippen molar-refractivity contribution in [2.45, 2.75) is 37.1 Å². The van der Waals surface area contributed by atoms with E-state index in [1.807, 2.05) is 0 Å². The molecule has 0 radical (unpaired) electrons. The van der Waals surface area contributed by atoms with Gasteiger partial charge in [0.05, 0.1) is 25.9 Å². The van der Waals surface area contributed by atoms with E-state index in [0.29, 0.717) is 17.1 Å². The first kappa shape index (κ1) is 29.3. The average molecular weight is 604 g/mol. The number of fused-ring (bicyclic) bond motifs is 1. The molecule has 0 bridgehead atoms. The number of aliphatic hydroxyl groups is 1. The monoisotopic (exact) mass is 603 g/mol. The van der Waals surface area contributed by atoms with E-state index in [-0.39, 0.29) is 17.5 Å². The molecule has 6 atom stereocenters. The number of rotatable bonds is 11. The summed E-state index contributed by atoms with van der Waals surface area (Å²) in [6, 6.07) is 7.64. The Morgan fingerprint density at radius 3 is 2.77 bits per heavy atom. The molecule has 1 aliphatic heterocycles. The number of para-hydroxylation sites is 1. The molecule has 17 heteroatoms. The van der Waals surface area contributed by atoms with Gasteiger partial charge in [-0.1, -0.05) is 18.2 Å². The number of nitrogens with zero attached hydrogens (tertiary/aromatic N) is 4. The number of nitrogens with two attached hydrogens (primary N) is 1. The Morgan fingerprint density at radius 1 is 1.41 bits per heavy atom. The summed E-state index contributed by atoms with van der Waals surface area (Å²) in [6.07, 6.45) is -3.79. The molecule has 3 heterocycles. The average Bonchev–Trinajstić information content (AvgIpc) is 3.45. The Morgan fingerprint density at radius 2 is 2.13 bits per heavy atom. The number of aliphatic hydroxyl groups excluding tert-OH is 1. The standard InChI is InChI=1S/C22H28ClFN7O6PS/c1-12(20(33)34-3)30-38(39,37-13-7-5-4-6-8-13)35-10-22(9-23)16(32)14(24)19(36-22)31-11-27-15-17(26-2)28-21(25)29-18(15)31/h4-8,11-12,14,16,19,32H,9-10H2,1-3H3,(H,30,39)(H3,25,26,28,29)/t12-,14+,16+,19-,22-,38?/m1/s1. The molecule has 4 rings (SSSR count). The summed E-state index contributed by atoms with van der Waals surface area (Å²) in [7, 11) is 2.86. The number of methoxy groups -OCH3 is 1. The number of esters is 1. The van der Waals surface area contributed by atoms with Crippen LogP contribution in [0.15, 0.2) is 36.7 Å². The van der Waals surface area contributed by atoms with Gasteiger partial charge in [-0.2, -0.15) is 9.97 Å². The number of anilines is 2. The van der Waals surface area contributed by atoms with Crippen LogP contribution in [0.4, 0.5) is 16.2 Å². The number of aromatic nitrogens is 4. The smallest absolute Gasteiger partial charge is 0.323 e. The van der Waals surface area contributed by atoms with Gasteiger partial charge in [-0.3, -0.25) is 9.36 Å². The van der Waals surface area contributed by atoms with Crippen LogP contribution in [-0.2, 0) is 30.6 Å². The Bertz CT molecular complexity index is 1370. The molecular weight excluding hydrogens is 576 g/mol. The van der Waals surface area contributed by atoms with E-state index in [0.717, 1.165) is 0 Å². The van der Waals surface area contributed by atoms with E-state index in [1.54, 1.807) is 37.4 Å². The zero-order valence-electron chi connectivity index (χ0n) is 21.2. The van der Waals surface area contributed by atoms with Crippen molar-refractivity contribution in [2.75, 3.05) is 37.7 Å². The first-order valence-electron chi connectivity index (χ1n) is 11.6. The van der Waals surface area contributed by atoms with E-state index < -0.39 is 49.4 Å². The van der Waals surface area contributed by atoms with Gasteiger partial charge in [0.15, 0.2) is 29.4 Å². The maximum atomic E-state index is 15.6. The third-order valence-corrected chi connectivity index (χ3v) is 8.93. The molecular formula is C22H28ClFN7O6PS. The van der Waals surface area contributed by atoms with Crippen molar-refractivity contribution in [1.82, 2.24) is 24.6 Å². The zero-order chi connectivity index (χ0) is 28.4. The van der Waals surface area contributed by atoms with Crippen molar-refractivity contribution in [1.29, 1.82) is 0 Å². The summed E-state index contributed by atoms with van der Waals surface area (Å²) in [5.74, 6) is -0.349. The van der Waals surface area contributed by atoms with Crippen LogP contribution in [0.3, 0.4) is 0 Å². The Kier molecular flexibility index (Phi) is 8.91. The third-order valence-electron chi connectivity index (χ3n) is 6.00. The number of carbonyl (C=O) groups excluding carboxylic acids is 1. The molecule has 1 fully saturated rings. The molecule has 3 aromatic rings. The highest BCUT2D eigenvalue weighted by Crippen LogP contribution is 2.49. The maximum absolute atomic E-state index is 15.6. The number of hydrogen-bond acceptors (Lipinski definition) is 12. The molecule has 0 amide bonds. The maximum Gasteiger partial charge on any atom is 0.323 e. The fraction of sp³-hybridized carbons (Fsp3) is 0.455. The second-order valence-electron chi connectivity index (χ2n) is 8.65. The van der Waals surface area contributed by atoms with E-state index in [9.17, 15) is 9.90 Å². The molecule has 5 N–H and O–H groups in total. The lowest BCUT2D eigenvalue weighted by atomic mass is 9.99. The molecule has 2 aromatic heterocycles. The number of imidazole rings is 1. The Balaban J connectivity index is 1.62. The van der Waals surface area contributed by atoms with Crippen molar-refractivity contribution in [3.8, 4) is 5.75 Å².